The van der Waals surface area contributed by atoms with E-state index in [4.69, 9.17) is 5.73 Å². The SMILES string of the molecule is COC(=O)[C@@H](N)Cc1sccc1Br.Cl. The fraction of sp³-hybridized carbons (Fsp3) is 0.375. The molecule has 0 aliphatic rings. The minimum absolute atomic E-state index is 0. The lowest BCUT2D eigenvalue weighted by atomic mass is 10.2. The van der Waals surface area contributed by atoms with E-state index in [0.717, 1.165) is 9.35 Å². The lowest BCUT2D eigenvalue weighted by Crippen LogP contribution is -2.33. The van der Waals surface area contributed by atoms with Gasteiger partial charge in [0.25, 0.3) is 0 Å². The minimum Gasteiger partial charge on any atom is -0.468 e. The Morgan fingerprint density at radius 1 is 1.79 bits per heavy atom. The van der Waals surface area contributed by atoms with Crippen molar-refractivity contribution in [2.45, 2.75) is 12.5 Å². The summed E-state index contributed by atoms with van der Waals surface area (Å²) in [5, 5.41) is 1.95. The van der Waals surface area contributed by atoms with Crippen molar-refractivity contribution in [2.24, 2.45) is 5.73 Å². The molecule has 1 rings (SSSR count). The first-order valence-electron chi connectivity index (χ1n) is 3.70. The Morgan fingerprint density at radius 3 is 2.86 bits per heavy atom. The van der Waals surface area contributed by atoms with Crippen LogP contribution in [0, 0.1) is 0 Å². The highest BCUT2D eigenvalue weighted by atomic mass is 79.9. The maximum absolute atomic E-state index is 11.0. The third kappa shape index (κ3) is 3.57. The van der Waals surface area contributed by atoms with Gasteiger partial charge in [0.2, 0.25) is 0 Å². The molecule has 2 N–H and O–H groups in total. The lowest BCUT2D eigenvalue weighted by molar-refractivity contribution is -0.142. The molecule has 80 valence electrons. The number of nitrogens with two attached hydrogens (primary N) is 1. The van der Waals surface area contributed by atoms with E-state index in [0.29, 0.717) is 6.42 Å². The Kier molecular flexibility index (Phi) is 6.35. The first kappa shape index (κ1) is 13.9. The van der Waals surface area contributed by atoms with Gasteiger partial charge >= 0.3 is 5.97 Å². The molecule has 3 nitrogen and oxygen atoms in total. The van der Waals surface area contributed by atoms with E-state index in [-0.39, 0.29) is 18.4 Å². The third-order valence-corrected chi connectivity index (χ3v) is 3.55. The molecule has 0 saturated heterocycles. The topological polar surface area (TPSA) is 52.3 Å². The maximum atomic E-state index is 11.0. The molecular formula is C8H11BrClNO2S. The van der Waals surface area contributed by atoms with Crippen molar-refractivity contribution in [3.05, 3.63) is 20.8 Å². The quantitative estimate of drug-likeness (QED) is 0.869. The molecule has 0 fully saturated rings. The zero-order chi connectivity index (χ0) is 9.84. The number of ether oxygens (including phenoxy) is 1. The van der Waals surface area contributed by atoms with Gasteiger partial charge in [-0.1, -0.05) is 0 Å². The van der Waals surface area contributed by atoms with E-state index in [1.165, 1.54) is 7.11 Å². The Hall–Kier alpha value is -0.100. The fourth-order valence-electron chi connectivity index (χ4n) is 0.905. The number of halogens is 2. The summed E-state index contributed by atoms with van der Waals surface area (Å²) >= 11 is 4.94. The van der Waals surface area contributed by atoms with Gasteiger partial charge in [0.15, 0.2) is 0 Å². The number of hydrogen-bond acceptors (Lipinski definition) is 4. The number of carbonyl (C=O) groups excluding carboxylic acids is 1. The molecule has 0 saturated carbocycles. The van der Waals surface area contributed by atoms with E-state index < -0.39 is 6.04 Å². The third-order valence-electron chi connectivity index (χ3n) is 1.60. The monoisotopic (exact) mass is 299 g/mol. The minimum atomic E-state index is -0.569. The van der Waals surface area contributed by atoms with Gasteiger partial charge in [-0.25, -0.2) is 0 Å². The lowest BCUT2D eigenvalue weighted by Gasteiger charge is -2.07. The van der Waals surface area contributed by atoms with Crippen molar-refractivity contribution in [3.63, 3.8) is 0 Å². The molecule has 0 bridgehead atoms. The van der Waals surface area contributed by atoms with Crippen LogP contribution in [0.5, 0.6) is 0 Å². The van der Waals surface area contributed by atoms with Crippen molar-refractivity contribution in [3.8, 4) is 0 Å². The number of carbonyl (C=O) groups is 1. The summed E-state index contributed by atoms with van der Waals surface area (Å²) in [6.45, 7) is 0. The molecule has 1 aromatic rings. The Labute approximate surface area is 101 Å². The van der Waals surface area contributed by atoms with Gasteiger partial charge in [0, 0.05) is 15.8 Å². The summed E-state index contributed by atoms with van der Waals surface area (Å²) in [7, 11) is 1.34. The molecule has 0 aliphatic carbocycles. The van der Waals surface area contributed by atoms with E-state index in [1.807, 2.05) is 11.4 Å². The van der Waals surface area contributed by atoms with Gasteiger partial charge in [0.05, 0.1) is 7.11 Å². The zero-order valence-corrected chi connectivity index (χ0v) is 10.7. The van der Waals surface area contributed by atoms with Crippen molar-refractivity contribution in [1.82, 2.24) is 0 Å². The molecule has 0 unspecified atom stereocenters. The molecule has 1 aromatic heterocycles. The van der Waals surface area contributed by atoms with Crippen LogP contribution in [0.15, 0.2) is 15.9 Å². The summed E-state index contributed by atoms with van der Waals surface area (Å²) in [5.41, 5.74) is 5.60. The Morgan fingerprint density at radius 2 is 2.43 bits per heavy atom. The van der Waals surface area contributed by atoms with Crippen LogP contribution in [0.25, 0.3) is 0 Å². The van der Waals surface area contributed by atoms with Crippen LogP contribution >= 0.6 is 39.7 Å². The Balaban J connectivity index is 0.00000169. The normalized spacial score (nSPS) is 11.6. The second-order valence-corrected chi connectivity index (χ2v) is 4.38. The summed E-state index contributed by atoms with van der Waals surface area (Å²) in [6.07, 6.45) is 0.519. The van der Waals surface area contributed by atoms with Gasteiger partial charge in [-0.3, -0.25) is 4.79 Å². The highest BCUT2D eigenvalue weighted by Crippen LogP contribution is 2.23. The fourth-order valence-corrected chi connectivity index (χ4v) is 2.48. The summed E-state index contributed by atoms with van der Waals surface area (Å²) in [4.78, 5) is 12.1. The average molecular weight is 301 g/mol. The molecule has 1 atom stereocenters. The molecule has 0 spiro atoms. The highest BCUT2D eigenvalue weighted by molar-refractivity contribution is 9.10. The van der Waals surface area contributed by atoms with Crippen LogP contribution in [-0.4, -0.2) is 19.1 Å². The van der Waals surface area contributed by atoms with E-state index in [1.54, 1.807) is 11.3 Å². The largest absolute Gasteiger partial charge is 0.468 e. The van der Waals surface area contributed by atoms with Crippen molar-refractivity contribution < 1.29 is 9.53 Å². The molecule has 14 heavy (non-hydrogen) atoms. The van der Waals surface area contributed by atoms with Crippen molar-refractivity contribution >= 4 is 45.6 Å². The van der Waals surface area contributed by atoms with Crippen LogP contribution in [0.3, 0.4) is 0 Å². The molecule has 1 heterocycles. The summed E-state index contributed by atoms with van der Waals surface area (Å²) < 4.78 is 5.52. The van der Waals surface area contributed by atoms with Crippen LogP contribution in [0.4, 0.5) is 0 Å². The molecule has 6 heteroatoms. The summed E-state index contributed by atoms with van der Waals surface area (Å²) in [6, 6.07) is 1.37. The van der Waals surface area contributed by atoms with E-state index in [2.05, 4.69) is 20.7 Å². The number of hydrogen-bond donors (Lipinski definition) is 1. The van der Waals surface area contributed by atoms with E-state index in [9.17, 15) is 4.79 Å². The maximum Gasteiger partial charge on any atom is 0.323 e. The van der Waals surface area contributed by atoms with Gasteiger partial charge in [-0.05, 0) is 27.4 Å². The second kappa shape index (κ2) is 6.40. The molecule has 0 aliphatic heterocycles. The Bertz CT molecular complexity index is 305. The van der Waals surface area contributed by atoms with Gasteiger partial charge < -0.3 is 10.5 Å². The molecule has 0 amide bonds. The van der Waals surface area contributed by atoms with Crippen LogP contribution in [0.2, 0.25) is 0 Å². The molecule has 0 aromatic carbocycles. The predicted molar refractivity (Wildman–Crippen MR) is 63.0 cm³/mol. The first-order valence-corrected chi connectivity index (χ1v) is 5.37. The number of rotatable bonds is 3. The van der Waals surface area contributed by atoms with Crippen LogP contribution < -0.4 is 5.73 Å². The van der Waals surface area contributed by atoms with E-state index >= 15 is 0 Å². The standard InChI is InChI=1S/C8H10BrNO2S.ClH/c1-12-8(11)6(10)4-7-5(9)2-3-13-7;/h2-3,6H,4,10H2,1H3;1H/t6-;/m0./s1. The van der Waals surface area contributed by atoms with Gasteiger partial charge in [-0.2, -0.15) is 0 Å². The predicted octanol–water partition coefficient (Wildman–Crippen LogP) is 1.98. The number of thiophene rings is 1. The smallest absolute Gasteiger partial charge is 0.323 e. The molecule has 0 radical (unpaired) electrons. The van der Waals surface area contributed by atoms with Crippen LogP contribution in [0.1, 0.15) is 4.88 Å². The summed E-state index contributed by atoms with van der Waals surface area (Å²) in [5.74, 6) is -0.375. The van der Waals surface area contributed by atoms with Crippen molar-refractivity contribution in [2.75, 3.05) is 7.11 Å². The van der Waals surface area contributed by atoms with Crippen LogP contribution in [-0.2, 0) is 16.0 Å². The first-order chi connectivity index (χ1) is 6.15. The highest BCUT2D eigenvalue weighted by Gasteiger charge is 2.16. The zero-order valence-electron chi connectivity index (χ0n) is 7.53. The van der Waals surface area contributed by atoms with Gasteiger partial charge in [-0.15, -0.1) is 23.7 Å². The number of methoxy groups -OCH3 is 1. The molecular weight excluding hydrogens is 290 g/mol. The number of esters is 1. The second-order valence-electron chi connectivity index (χ2n) is 2.53. The van der Waals surface area contributed by atoms with Gasteiger partial charge in [0.1, 0.15) is 6.04 Å². The average Bonchev–Trinajstić information content (AvgIpc) is 2.50. The van der Waals surface area contributed by atoms with Crippen molar-refractivity contribution in [1.29, 1.82) is 0 Å².